The van der Waals surface area contributed by atoms with Crippen molar-refractivity contribution in [2.45, 2.75) is 4.90 Å². The fraction of sp³-hybridized carbons (Fsp3) is 0.0588. The molecule has 0 atom stereocenters. The largest absolute Gasteiger partial charge is 0.505 e. The topological polar surface area (TPSA) is 62.2 Å². The Hall–Kier alpha value is -2.24. The summed E-state index contributed by atoms with van der Waals surface area (Å²) in [5.41, 5.74) is 1.33. The van der Waals surface area contributed by atoms with E-state index in [1.54, 1.807) is 36.2 Å². The molecule has 0 aliphatic rings. The summed E-state index contributed by atoms with van der Waals surface area (Å²) < 4.78 is 0. The Kier molecular flexibility index (Phi) is 5.47. The van der Waals surface area contributed by atoms with E-state index in [2.05, 4.69) is 10.3 Å². The molecular formula is C17H15ClN2O2S. The van der Waals surface area contributed by atoms with Crippen molar-refractivity contribution in [2.24, 2.45) is 0 Å². The normalized spacial score (nSPS) is 10.1. The average molecular weight is 347 g/mol. The van der Waals surface area contributed by atoms with Gasteiger partial charge in [-0.05, 0) is 36.6 Å². The minimum atomic E-state index is -0.358. The lowest BCUT2D eigenvalue weighted by molar-refractivity contribution is 0.102. The Balaban J connectivity index is 0.00000192. The number of phenols is 1. The number of halogens is 1. The smallest absolute Gasteiger partial charge is 0.259 e. The Bertz CT molecular complexity index is 855. The number of hydrogen-bond acceptors (Lipinski definition) is 4. The highest BCUT2D eigenvalue weighted by atomic mass is 35.5. The zero-order chi connectivity index (χ0) is 15.5. The van der Waals surface area contributed by atoms with Gasteiger partial charge in [-0.15, -0.1) is 24.2 Å². The minimum Gasteiger partial charge on any atom is -0.505 e. The van der Waals surface area contributed by atoms with Crippen molar-refractivity contribution in [1.29, 1.82) is 0 Å². The summed E-state index contributed by atoms with van der Waals surface area (Å²) in [4.78, 5) is 17.6. The number of nitrogens with one attached hydrogen (secondary N) is 1. The SMILES string of the molecule is CSc1cccc(NC(=O)c2ccc3cccnc3c2O)c1.Cl. The second-order valence-electron chi connectivity index (χ2n) is 4.72. The number of carbonyl (C=O) groups is 1. The Morgan fingerprint density at radius 3 is 2.78 bits per heavy atom. The molecule has 2 aromatic carbocycles. The van der Waals surface area contributed by atoms with Crippen LogP contribution in [0.3, 0.4) is 0 Å². The molecule has 0 saturated heterocycles. The standard InChI is InChI=1S/C17H14N2O2S.ClH/c1-22-13-6-2-5-12(10-13)19-17(21)14-8-7-11-4-3-9-18-15(11)16(14)20;/h2-10,20H,1H3,(H,19,21);1H. The van der Waals surface area contributed by atoms with Gasteiger partial charge in [-0.2, -0.15) is 0 Å². The number of rotatable bonds is 3. The monoisotopic (exact) mass is 346 g/mol. The molecule has 118 valence electrons. The number of thioether (sulfide) groups is 1. The number of amides is 1. The predicted molar refractivity (Wildman–Crippen MR) is 96.8 cm³/mol. The number of fused-ring (bicyclic) bond motifs is 1. The first-order valence-corrected chi connectivity index (χ1v) is 7.93. The lowest BCUT2D eigenvalue weighted by Crippen LogP contribution is -2.12. The zero-order valence-electron chi connectivity index (χ0n) is 12.3. The van der Waals surface area contributed by atoms with Gasteiger partial charge in [0, 0.05) is 22.2 Å². The number of phenolic OH excluding ortho intramolecular Hbond substituents is 1. The lowest BCUT2D eigenvalue weighted by Gasteiger charge is -2.09. The van der Waals surface area contributed by atoms with Crippen molar-refractivity contribution in [3.63, 3.8) is 0 Å². The fourth-order valence-electron chi connectivity index (χ4n) is 2.21. The number of pyridine rings is 1. The fourth-order valence-corrected chi connectivity index (χ4v) is 2.67. The third kappa shape index (κ3) is 3.57. The highest BCUT2D eigenvalue weighted by Crippen LogP contribution is 2.27. The number of aromatic hydroxyl groups is 1. The third-order valence-electron chi connectivity index (χ3n) is 3.32. The third-order valence-corrected chi connectivity index (χ3v) is 4.05. The first-order valence-electron chi connectivity index (χ1n) is 6.71. The number of nitrogens with zero attached hydrogens (tertiary/aromatic N) is 1. The van der Waals surface area contributed by atoms with Crippen molar-refractivity contribution >= 4 is 46.7 Å². The number of anilines is 1. The molecule has 0 spiro atoms. The van der Waals surface area contributed by atoms with E-state index in [4.69, 9.17) is 0 Å². The van der Waals surface area contributed by atoms with E-state index in [0.717, 1.165) is 10.3 Å². The molecule has 1 heterocycles. The molecule has 3 aromatic rings. The maximum Gasteiger partial charge on any atom is 0.259 e. The molecule has 1 amide bonds. The van der Waals surface area contributed by atoms with E-state index in [0.29, 0.717) is 11.2 Å². The van der Waals surface area contributed by atoms with Gasteiger partial charge >= 0.3 is 0 Å². The summed E-state index contributed by atoms with van der Waals surface area (Å²) >= 11 is 1.60. The highest BCUT2D eigenvalue weighted by molar-refractivity contribution is 7.98. The maximum absolute atomic E-state index is 12.4. The summed E-state index contributed by atoms with van der Waals surface area (Å²) in [5, 5.41) is 13.9. The van der Waals surface area contributed by atoms with E-state index in [-0.39, 0.29) is 29.6 Å². The molecule has 2 N–H and O–H groups in total. The molecule has 0 fully saturated rings. The van der Waals surface area contributed by atoms with Crippen molar-refractivity contribution in [2.75, 3.05) is 11.6 Å². The van der Waals surface area contributed by atoms with E-state index in [9.17, 15) is 9.90 Å². The number of carbonyl (C=O) groups excluding carboxylic acids is 1. The molecule has 23 heavy (non-hydrogen) atoms. The molecule has 3 rings (SSSR count). The Labute approximate surface area is 144 Å². The van der Waals surface area contributed by atoms with E-state index >= 15 is 0 Å². The van der Waals surface area contributed by atoms with Crippen LogP contribution in [0.25, 0.3) is 10.9 Å². The van der Waals surface area contributed by atoms with Crippen LogP contribution in [0.1, 0.15) is 10.4 Å². The summed E-state index contributed by atoms with van der Waals surface area (Å²) in [6, 6.07) is 14.6. The van der Waals surface area contributed by atoms with Crippen molar-refractivity contribution in [3.8, 4) is 5.75 Å². The van der Waals surface area contributed by atoms with Gasteiger partial charge in [0.05, 0.1) is 5.56 Å². The number of hydrogen-bond donors (Lipinski definition) is 2. The number of aromatic nitrogens is 1. The lowest BCUT2D eigenvalue weighted by atomic mass is 10.1. The molecule has 0 saturated carbocycles. The average Bonchev–Trinajstić information content (AvgIpc) is 2.55. The van der Waals surface area contributed by atoms with Gasteiger partial charge in [0.1, 0.15) is 5.52 Å². The molecular weight excluding hydrogens is 332 g/mol. The van der Waals surface area contributed by atoms with Gasteiger partial charge < -0.3 is 10.4 Å². The molecule has 0 aliphatic heterocycles. The molecule has 0 bridgehead atoms. The minimum absolute atomic E-state index is 0. The zero-order valence-corrected chi connectivity index (χ0v) is 13.9. The Morgan fingerprint density at radius 1 is 1.17 bits per heavy atom. The van der Waals surface area contributed by atoms with Crippen molar-refractivity contribution < 1.29 is 9.90 Å². The first-order chi connectivity index (χ1) is 10.7. The molecule has 0 unspecified atom stereocenters. The summed E-state index contributed by atoms with van der Waals surface area (Å²) in [6.07, 6.45) is 3.56. The highest BCUT2D eigenvalue weighted by Gasteiger charge is 2.14. The van der Waals surface area contributed by atoms with Gasteiger partial charge in [0.2, 0.25) is 0 Å². The van der Waals surface area contributed by atoms with Gasteiger partial charge in [-0.3, -0.25) is 9.78 Å². The summed E-state index contributed by atoms with van der Waals surface area (Å²) in [5.74, 6) is -0.458. The van der Waals surface area contributed by atoms with Crippen molar-refractivity contribution in [1.82, 2.24) is 4.98 Å². The van der Waals surface area contributed by atoms with E-state index in [1.165, 1.54) is 0 Å². The molecule has 0 aliphatic carbocycles. The first kappa shape index (κ1) is 17.1. The van der Waals surface area contributed by atoms with Crippen LogP contribution in [-0.2, 0) is 0 Å². The van der Waals surface area contributed by atoms with Gasteiger partial charge in [-0.25, -0.2) is 0 Å². The maximum atomic E-state index is 12.4. The van der Waals surface area contributed by atoms with Crippen LogP contribution in [0.4, 0.5) is 5.69 Å². The summed E-state index contributed by atoms with van der Waals surface area (Å²) in [7, 11) is 0. The second-order valence-corrected chi connectivity index (χ2v) is 5.60. The van der Waals surface area contributed by atoms with Gasteiger partial charge in [0.15, 0.2) is 5.75 Å². The molecule has 4 nitrogen and oxygen atoms in total. The Morgan fingerprint density at radius 2 is 2.00 bits per heavy atom. The van der Waals surface area contributed by atoms with Crippen LogP contribution in [0, 0.1) is 0 Å². The van der Waals surface area contributed by atoms with Crippen LogP contribution in [-0.4, -0.2) is 22.3 Å². The van der Waals surface area contributed by atoms with Gasteiger partial charge in [0.25, 0.3) is 5.91 Å². The van der Waals surface area contributed by atoms with E-state index < -0.39 is 0 Å². The molecule has 6 heteroatoms. The molecule has 0 radical (unpaired) electrons. The number of benzene rings is 2. The van der Waals surface area contributed by atoms with Crippen LogP contribution < -0.4 is 5.32 Å². The second kappa shape index (κ2) is 7.35. The quantitative estimate of drug-likeness (QED) is 0.693. The van der Waals surface area contributed by atoms with Crippen LogP contribution in [0.5, 0.6) is 5.75 Å². The van der Waals surface area contributed by atoms with Gasteiger partial charge in [-0.1, -0.05) is 18.2 Å². The summed E-state index contributed by atoms with van der Waals surface area (Å²) in [6.45, 7) is 0. The van der Waals surface area contributed by atoms with Crippen LogP contribution in [0.15, 0.2) is 59.6 Å². The predicted octanol–water partition coefficient (Wildman–Crippen LogP) is 4.34. The van der Waals surface area contributed by atoms with E-state index in [1.807, 2.05) is 36.6 Å². The van der Waals surface area contributed by atoms with Crippen LogP contribution in [0.2, 0.25) is 0 Å². The van der Waals surface area contributed by atoms with Crippen molar-refractivity contribution in [3.05, 3.63) is 60.3 Å². The van der Waals surface area contributed by atoms with Crippen LogP contribution >= 0.6 is 24.2 Å². The molecule has 1 aromatic heterocycles.